The van der Waals surface area contributed by atoms with Crippen LogP contribution in [-0.4, -0.2) is 54.3 Å². The third-order valence-corrected chi connectivity index (χ3v) is 3.44. The number of hydrogen-bond acceptors (Lipinski definition) is 4. The average Bonchev–Trinajstić information content (AvgIpc) is 2.74. The molecule has 1 rings (SSSR count). The molecule has 1 atom stereocenters. The molecule has 1 unspecified atom stereocenters. The molecule has 0 aliphatic rings. The number of nitrogens with one attached hydrogen (secondary N) is 1. The van der Waals surface area contributed by atoms with Crippen LogP contribution in [0.5, 0.6) is 0 Å². The van der Waals surface area contributed by atoms with Gasteiger partial charge in [-0.25, -0.2) is 4.98 Å². The first kappa shape index (κ1) is 15.0. The zero-order valence-corrected chi connectivity index (χ0v) is 12.4. The lowest BCUT2D eigenvalue weighted by Crippen LogP contribution is -2.44. The Morgan fingerprint density at radius 2 is 2.17 bits per heavy atom. The van der Waals surface area contributed by atoms with E-state index in [2.05, 4.69) is 54.6 Å². The van der Waals surface area contributed by atoms with Gasteiger partial charge >= 0.3 is 0 Å². The lowest BCUT2D eigenvalue weighted by atomic mass is 10.1. The summed E-state index contributed by atoms with van der Waals surface area (Å²) in [6.45, 7) is 8.05. The molecule has 0 spiro atoms. The smallest absolute Gasteiger partial charge is 0.203 e. The first-order valence-electron chi connectivity index (χ1n) is 6.31. The second-order valence-electron chi connectivity index (χ2n) is 5.52. The minimum Gasteiger partial charge on any atom is -0.383 e. The SMILES string of the molecule is COCC(C)n1ccnc1NCC(C)(C)N(C)C. The van der Waals surface area contributed by atoms with Gasteiger partial charge in [0.2, 0.25) is 5.95 Å². The third-order valence-electron chi connectivity index (χ3n) is 3.44. The number of likely N-dealkylation sites (N-methyl/N-ethyl adjacent to an activating group) is 1. The zero-order chi connectivity index (χ0) is 13.8. The van der Waals surface area contributed by atoms with E-state index in [4.69, 9.17) is 4.74 Å². The Balaban J connectivity index is 2.66. The number of aromatic nitrogens is 2. The number of rotatable bonds is 7. The van der Waals surface area contributed by atoms with Crippen molar-refractivity contribution in [3.05, 3.63) is 12.4 Å². The zero-order valence-electron chi connectivity index (χ0n) is 12.4. The van der Waals surface area contributed by atoms with Gasteiger partial charge in [0.25, 0.3) is 0 Å². The van der Waals surface area contributed by atoms with Crippen molar-refractivity contribution in [2.45, 2.75) is 32.4 Å². The van der Waals surface area contributed by atoms with Gasteiger partial charge in [-0.2, -0.15) is 0 Å². The summed E-state index contributed by atoms with van der Waals surface area (Å²) < 4.78 is 7.29. The lowest BCUT2D eigenvalue weighted by molar-refractivity contribution is 0.162. The molecule has 104 valence electrons. The lowest BCUT2D eigenvalue weighted by Gasteiger charge is -2.33. The predicted molar refractivity (Wildman–Crippen MR) is 75.1 cm³/mol. The molecular weight excluding hydrogens is 228 g/mol. The predicted octanol–water partition coefficient (Wildman–Crippen LogP) is 1.84. The molecule has 1 aromatic heterocycles. The highest BCUT2D eigenvalue weighted by atomic mass is 16.5. The van der Waals surface area contributed by atoms with Crippen molar-refractivity contribution in [2.24, 2.45) is 0 Å². The summed E-state index contributed by atoms with van der Waals surface area (Å²) in [6, 6.07) is 0.280. The molecule has 0 fully saturated rings. The number of imidazole rings is 1. The van der Waals surface area contributed by atoms with Crippen molar-refractivity contribution in [2.75, 3.05) is 39.7 Å². The van der Waals surface area contributed by atoms with E-state index in [1.807, 2.05) is 12.4 Å². The molecule has 0 radical (unpaired) electrons. The van der Waals surface area contributed by atoms with Crippen molar-refractivity contribution in [3.8, 4) is 0 Å². The van der Waals surface area contributed by atoms with Crippen molar-refractivity contribution in [1.29, 1.82) is 0 Å². The van der Waals surface area contributed by atoms with E-state index in [9.17, 15) is 0 Å². The van der Waals surface area contributed by atoms with Gasteiger partial charge in [-0.05, 0) is 34.9 Å². The van der Waals surface area contributed by atoms with Crippen LogP contribution in [0.15, 0.2) is 12.4 Å². The molecule has 0 aliphatic heterocycles. The van der Waals surface area contributed by atoms with E-state index < -0.39 is 0 Å². The van der Waals surface area contributed by atoms with E-state index in [1.54, 1.807) is 7.11 Å². The number of nitrogens with zero attached hydrogens (tertiary/aromatic N) is 3. The molecule has 0 saturated carbocycles. The molecule has 0 aliphatic carbocycles. The quantitative estimate of drug-likeness (QED) is 0.806. The molecule has 1 heterocycles. The topological polar surface area (TPSA) is 42.3 Å². The second-order valence-corrected chi connectivity index (χ2v) is 5.52. The van der Waals surface area contributed by atoms with E-state index in [-0.39, 0.29) is 11.6 Å². The Morgan fingerprint density at radius 1 is 1.50 bits per heavy atom. The summed E-state index contributed by atoms with van der Waals surface area (Å²) in [7, 11) is 5.89. The summed E-state index contributed by atoms with van der Waals surface area (Å²) in [5.74, 6) is 0.898. The Kier molecular flexibility index (Phi) is 5.16. The highest BCUT2D eigenvalue weighted by Gasteiger charge is 2.21. The Labute approximate surface area is 110 Å². The van der Waals surface area contributed by atoms with Gasteiger partial charge in [0.1, 0.15) is 0 Å². The highest BCUT2D eigenvalue weighted by Crippen LogP contribution is 2.16. The van der Waals surface area contributed by atoms with Crippen molar-refractivity contribution in [3.63, 3.8) is 0 Å². The van der Waals surface area contributed by atoms with Gasteiger partial charge in [-0.1, -0.05) is 0 Å². The van der Waals surface area contributed by atoms with Crippen LogP contribution in [0.2, 0.25) is 0 Å². The van der Waals surface area contributed by atoms with Crippen molar-refractivity contribution < 1.29 is 4.74 Å². The van der Waals surface area contributed by atoms with Gasteiger partial charge in [0.15, 0.2) is 0 Å². The maximum Gasteiger partial charge on any atom is 0.203 e. The van der Waals surface area contributed by atoms with E-state index in [1.165, 1.54) is 0 Å². The molecule has 0 amide bonds. The fraction of sp³-hybridized carbons (Fsp3) is 0.769. The van der Waals surface area contributed by atoms with E-state index in [0.717, 1.165) is 12.5 Å². The molecule has 5 heteroatoms. The van der Waals surface area contributed by atoms with Gasteiger partial charge in [0, 0.05) is 31.6 Å². The number of anilines is 1. The van der Waals surface area contributed by atoms with Crippen LogP contribution in [0.4, 0.5) is 5.95 Å². The minimum absolute atomic E-state index is 0.0846. The Morgan fingerprint density at radius 3 is 2.72 bits per heavy atom. The van der Waals surface area contributed by atoms with Crippen molar-refractivity contribution >= 4 is 5.95 Å². The molecule has 18 heavy (non-hydrogen) atoms. The van der Waals surface area contributed by atoms with Crippen LogP contribution in [0, 0.1) is 0 Å². The number of ether oxygens (including phenoxy) is 1. The molecule has 0 saturated heterocycles. The van der Waals surface area contributed by atoms with Gasteiger partial charge < -0.3 is 19.5 Å². The standard InChI is InChI=1S/C13H26N4O/c1-11(9-18-6)17-8-7-14-12(17)15-10-13(2,3)16(4)5/h7-8,11H,9-10H2,1-6H3,(H,14,15). The van der Waals surface area contributed by atoms with Crippen LogP contribution in [0.25, 0.3) is 0 Å². The highest BCUT2D eigenvalue weighted by molar-refractivity contribution is 5.27. The fourth-order valence-corrected chi connectivity index (χ4v) is 1.58. The molecule has 5 nitrogen and oxygen atoms in total. The summed E-state index contributed by atoms with van der Waals surface area (Å²) in [5.41, 5.74) is 0.0846. The van der Waals surface area contributed by atoms with Gasteiger partial charge in [-0.3, -0.25) is 0 Å². The van der Waals surface area contributed by atoms with Crippen molar-refractivity contribution in [1.82, 2.24) is 14.5 Å². The molecular formula is C13H26N4O. The van der Waals surface area contributed by atoms with Crippen LogP contribution in [0.1, 0.15) is 26.8 Å². The van der Waals surface area contributed by atoms with Crippen LogP contribution in [0.3, 0.4) is 0 Å². The van der Waals surface area contributed by atoms with Gasteiger partial charge in [0.05, 0.1) is 12.6 Å². The fourth-order valence-electron chi connectivity index (χ4n) is 1.58. The third kappa shape index (κ3) is 3.71. The first-order chi connectivity index (χ1) is 8.38. The molecule has 1 N–H and O–H groups in total. The maximum absolute atomic E-state index is 5.18. The minimum atomic E-state index is 0.0846. The normalized spacial score (nSPS) is 13.9. The monoisotopic (exact) mass is 254 g/mol. The first-order valence-corrected chi connectivity index (χ1v) is 6.31. The van der Waals surface area contributed by atoms with Crippen LogP contribution >= 0.6 is 0 Å². The van der Waals surface area contributed by atoms with Crippen LogP contribution in [-0.2, 0) is 4.74 Å². The number of hydrogen-bond donors (Lipinski definition) is 1. The van der Waals surface area contributed by atoms with E-state index in [0.29, 0.717) is 6.61 Å². The summed E-state index contributed by atoms with van der Waals surface area (Å²) in [4.78, 5) is 6.56. The largest absolute Gasteiger partial charge is 0.383 e. The Hall–Kier alpha value is -1.07. The summed E-state index contributed by atoms with van der Waals surface area (Å²) in [6.07, 6.45) is 3.80. The summed E-state index contributed by atoms with van der Waals surface area (Å²) >= 11 is 0. The second kappa shape index (κ2) is 6.20. The maximum atomic E-state index is 5.18. The molecule has 1 aromatic rings. The number of methoxy groups -OCH3 is 1. The Bertz CT molecular complexity index is 360. The van der Waals surface area contributed by atoms with Gasteiger partial charge in [-0.15, -0.1) is 0 Å². The van der Waals surface area contributed by atoms with Crippen LogP contribution < -0.4 is 5.32 Å². The summed E-state index contributed by atoms with van der Waals surface area (Å²) in [5, 5.41) is 3.41. The molecule has 0 aromatic carbocycles. The average molecular weight is 254 g/mol. The van der Waals surface area contributed by atoms with E-state index >= 15 is 0 Å². The molecule has 0 bridgehead atoms.